The molecular formula is C14H17NO4. The van der Waals surface area contributed by atoms with Gasteiger partial charge in [0.1, 0.15) is 5.75 Å². The SMILES string of the molecule is CC(C)(CC(=O)O)NC(=O)C=Cc1ccc(O)cc1. The van der Waals surface area contributed by atoms with Gasteiger partial charge in [0.2, 0.25) is 5.91 Å². The summed E-state index contributed by atoms with van der Waals surface area (Å²) >= 11 is 0. The van der Waals surface area contributed by atoms with E-state index in [2.05, 4.69) is 5.32 Å². The van der Waals surface area contributed by atoms with Gasteiger partial charge in [0.25, 0.3) is 0 Å². The van der Waals surface area contributed by atoms with Gasteiger partial charge in [-0.05, 0) is 37.6 Å². The second-order valence-electron chi connectivity index (χ2n) is 4.87. The average molecular weight is 263 g/mol. The van der Waals surface area contributed by atoms with Gasteiger partial charge in [0.05, 0.1) is 6.42 Å². The minimum Gasteiger partial charge on any atom is -0.508 e. The van der Waals surface area contributed by atoms with Crippen molar-refractivity contribution in [3.05, 3.63) is 35.9 Å². The van der Waals surface area contributed by atoms with E-state index in [4.69, 9.17) is 10.2 Å². The topological polar surface area (TPSA) is 86.6 Å². The molecule has 0 atom stereocenters. The van der Waals surface area contributed by atoms with Crippen LogP contribution in [-0.4, -0.2) is 27.6 Å². The minimum atomic E-state index is -0.965. The van der Waals surface area contributed by atoms with Crippen LogP contribution in [0, 0.1) is 0 Å². The molecule has 1 amide bonds. The predicted molar refractivity (Wildman–Crippen MR) is 71.6 cm³/mol. The Bertz CT molecular complexity index is 489. The molecule has 0 bridgehead atoms. The molecule has 0 aliphatic rings. The Morgan fingerprint density at radius 1 is 1.26 bits per heavy atom. The molecule has 1 aromatic carbocycles. The second-order valence-corrected chi connectivity index (χ2v) is 4.87. The van der Waals surface area contributed by atoms with Crippen molar-refractivity contribution >= 4 is 18.0 Å². The zero-order valence-corrected chi connectivity index (χ0v) is 10.9. The van der Waals surface area contributed by atoms with Crippen molar-refractivity contribution in [1.82, 2.24) is 5.32 Å². The van der Waals surface area contributed by atoms with E-state index in [-0.39, 0.29) is 18.1 Å². The number of hydrogen-bond donors (Lipinski definition) is 3. The number of aliphatic carboxylic acids is 1. The number of carboxylic acids is 1. The molecule has 0 saturated heterocycles. The largest absolute Gasteiger partial charge is 0.508 e. The van der Waals surface area contributed by atoms with Crippen LogP contribution in [0.3, 0.4) is 0 Å². The molecule has 0 spiro atoms. The molecule has 0 unspecified atom stereocenters. The highest BCUT2D eigenvalue weighted by molar-refractivity contribution is 5.92. The smallest absolute Gasteiger partial charge is 0.305 e. The molecule has 1 aromatic rings. The van der Waals surface area contributed by atoms with Gasteiger partial charge in [-0.2, -0.15) is 0 Å². The van der Waals surface area contributed by atoms with Gasteiger partial charge in [-0.3, -0.25) is 9.59 Å². The van der Waals surface area contributed by atoms with Crippen molar-refractivity contribution < 1.29 is 19.8 Å². The number of carbonyl (C=O) groups is 2. The zero-order chi connectivity index (χ0) is 14.5. The lowest BCUT2D eigenvalue weighted by Gasteiger charge is -2.23. The molecular weight excluding hydrogens is 246 g/mol. The number of phenolic OH excluding ortho intramolecular Hbond substituents is 1. The third-order valence-electron chi connectivity index (χ3n) is 2.38. The van der Waals surface area contributed by atoms with Crippen molar-refractivity contribution in [2.75, 3.05) is 0 Å². The maximum atomic E-state index is 11.6. The van der Waals surface area contributed by atoms with Gasteiger partial charge in [0.15, 0.2) is 0 Å². The molecule has 0 fully saturated rings. The molecule has 19 heavy (non-hydrogen) atoms. The normalized spacial score (nSPS) is 11.5. The van der Waals surface area contributed by atoms with Crippen LogP contribution >= 0.6 is 0 Å². The van der Waals surface area contributed by atoms with Gasteiger partial charge in [-0.1, -0.05) is 12.1 Å². The number of aromatic hydroxyl groups is 1. The number of benzene rings is 1. The van der Waals surface area contributed by atoms with E-state index in [1.165, 1.54) is 18.2 Å². The van der Waals surface area contributed by atoms with Crippen LogP contribution in [0.15, 0.2) is 30.3 Å². The fourth-order valence-electron chi connectivity index (χ4n) is 1.55. The van der Waals surface area contributed by atoms with Gasteiger partial charge < -0.3 is 15.5 Å². The van der Waals surface area contributed by atoms with E-state index in [9.17, 15) is 9.59 Å². The van der Waals surface area contributed by atoms with Crippen LogP contribution < -0.4 is 5.32 Å². The Morgan fingerprint density at radius 3 is 2.37 bits per heavy atom. The van der Waals surface area contributed by atoms with Crippen LogP contribution in [-0.2, 0) is 9.59 Å². The first kappa shape index (κ1) is 14.8. The van der Waals surface area contributed by atoms with Gasteiger partial charge in [-0.15, -0.1) is 0 Å². The van der Waals surface area contributed by atoms with E-state index >= 15 is 0 Å². The Morgan fingerprint density at radius 2 is 1.84 bits per heavy atom. The fourth-order valence-corrected chi connectivity index (χ4v) is 1.55. The van der Waals surface area contributed by atoms with Gasteiger partial charge in [-0.25, -0.2) is 0 Å². The lowest BCUT2D eigenvalue weighted by molar-refractivity contribution is -0.138. The Hall–Kier alpha value is -2.30. The number of amides is 1. The quantitative estimate of drug-likeness (QED) is 0.707. The Labute approximate surface area is 111 Å². The summed E-state index contributed by atoms with van der Waals surface area (Å²) in [6.07, 6.45) is 2.77. The Balaban J connectivity index is 2.60. The summed E-state index contributed by atoms with van der Waals surface area (Å²) in [5.74, 6) is -1.17. The van der Waals surface area contributed by atoms with E-state index in [1.807, 2.05) is 0 Å². The van der Waals surface area contributed by atoms with Crippen LogP contribution in [0.1, 0.15) is 25.8 Å². The summed E-state index contributed by atoms with van der Waals surface area (Å²) in [5, 5.41) is 20.4. The van der Waals surface area contributed by atoms with Gasteiger partial charge >= 0.3 is 5.97 Å². The maximum Gasteiger partial charge on any atom is 0.305 e. The maximum absolute atomic E-state index is 11.6. The first-order valence-electron chi connectivity index (χ1n) is 5.79. The van der Waals surface area contributed by atoms with Crippen LogP contribution in [0.5, 0.6) is 5.75 Å². The molecule has 0 heterocycles. The van der Waals surface area contributed by atoms with Crippen molar-refractivity contribution in [3.63, 3.8) is 0 Å². The van der Waals surface area contributed by atoms with E-state index < -0.39 is 11.5 Å². The zero-order valence-electron chi connectivity index (χ0n) is 10.9. The second kappa shape index (κ2) is 6.04. The van der Waals surface area contributed by atoms with Crippen LogP contribution in [0.25, 0.3) is 6.08 Å². The number of rotatable bonds is 5. The third kappa shape index (κ3) is 5.72. The molecule has 3 N–H and O–H groups in total. The highest BCUT2D eigenvalue weighted by Gasteiger charge is 2.22. The molecule has 0 aliphatic heterocycles. The lowest BCUT2D eigenvalue weighted by Crippen LogP contribution is -2.44. The molecule has 1 rings (SSSR count). The molecule has 5 heteroatoms. The number of hydrogen-bond acceptors (Lipinski definition) is 3. The van der Waals surface area contributed by atoms with Crippen molar-refractivity contribution in [3.8, 4) is 5.75 Å². The molecule has 5 nitrogen and oxygen atoms in total. The van der Waals surface area contributed by atoms with E-state index in [0.29, 0.717) is 0 Å². The number of nitrogens with one attached hydrogen (secondary N) is 1. The van der Waals surface area contributed by atoms with Crippen molar-refractivity contribution in [1.29, 1.82) is 0 Å². The summed E-state index contributed by atoms with van der Waals surface area (Å²) in [6.45, 7) is 3.29. The number of phenols is 1. The summed E-state index contributed by atoms with van der Waals surface area (Å²) in [5.41, 5.74) is -0.0358. The molecule has 102 valence electrons. The first-order valence-corrected chi connectivity index (χ1v) is 5.79. The number of carboxylic acid groups (broad SMARTS) is 1. The minimum absolute atomic E-state index is 0.147. The Kier molecular flexibility index (Phi) is 4.69. The molecule has 0 aliphatic carbocycles. The highest BCUT2D eigenvalue weighted by Crippen LogP contribution is 2.11. The highest BCUT2D eigenvalue weighted by atomic mass is 16.4. The summed E-state index contributed by atoms with van der Waals surface area (Å²) < 4.78 is 0. The molecule has 0 aromatic heterocycles. The molecule has 0 saturated carbocycles. The summed E-state index contributed by atoms with van der Waals surface area (Å²) in [7, 11) is 0. The van der Waals surface area contributed by atoms with Crippen molar-refractivity contribution in [2.45, 2.75) is 25.8 Å². The van der Waals surface area contributed by atoms with E-state index in [0.717, 1.165) is 5.56 Å². The molecule has 0 radical (unpaired) electrons. The van der Waals surface area contributed by atoms with E-state index in [1.54, 1.807) is 32.1 Å². The predicted octanol–water partition coefficient (Wildman–Crippen LogP) is 1.77. The average Bonchev–Trinajstić information content (AvgIpc) is 2.25. The van der Waals surface area contributed by atoms with Crippen LogP contribution in [0.4, 0.5) is 0 Å². The first-order chi connectivity index (χ1) is 8.78. The van der Waals surface area contributed by atoms with Crippen LogP contribution in [0.2, 0.25) is 0 Å². The summed E-state index contributed by atoms with van der Waals surface area (Å²) in [4.78, 5) is 22.3. The fraction of sp³-hybridized carbons (Fsp3) is 0.286. The number of carbonyl (C=O) groups excluding carboxylic acids is 1. The monoisotopic (exact) mass is 263 g/mol. The third-order valence-corrected chi connectivity index (χ3v) is 2.38. The standard InChI is InChI=1S/C14H17NO4/c1-14(2,9-13(18)19)15-12(17)8-5-10-3-6-11(16)7-4-10/h3-8,16H,9H2,1-2H3,(H,15,17)(H,18,19). The summed E-state index contributed by atoms with van der Waals surface area (Å²) in [6, 6.07) is 6.38. The van der Waals surface area contributed by atoms with Crippen molar-refractivity contribution in [2.24, 2.45) is 0 Å². The lowest BCUT2D eigenvalue weighted by atomic mass is 10.0. The van der Waals surface area contributed by atoms with Gasteiger partial charge in [0, 0.05) is 11.6 Å².